The molecular formula is C10H22N2OS. The van der Waals surface area contributed by atoms with Crippen molar-refractivity contribution in [3.8, 4) is 0 Å². The molecule has 1 fully saturated rings. The van der Waals surface area contributed by atoms with E-state index in [1.165, 1.54) is 0 Å². The van der Waals surface area contributed by atoms with Crippen molar-refractivity contribution in [2.45, 2.75) is 32.2 Å². The van der Waals surface area contributed by atoms with Gasteiger partial charge in [-0.25, -0.2) is 0 Å². The molecule has 0 bridgehead atoms. The molecule has 1 heterocycles. The normalized spacial score (nSPS) is 24.8. The van der Waals surface area contributed by atoms with Gasteiger partial charge >= 0.3 is 0 Å². The Balaban J connectivity index is 2.33. The third-order valence-electron chi connectivity index (χ3n) is 2.68. The smallest absolute Gasteiger partial charge is 0.0363 e. The second-order valence-corrected chi connectivity index (χ2v) is 6.22. The number of rotatable bonds is 4. The minimum atomic E-state index is -0.576. The second kappa shape index (κ2) is 5.24. The number of hydrogen-bond acceptors (Lipinski definition) is 3. The summed E-state index contributed by atoms with van der Waals surface area (Å²) >= 11 is 0. The van der Waals surface area contributed by atoms with Gasteiger partial charge in [0, 0.05) is 47.5 Å². The molecule has 1 aliphatic rings. The van der Waals surface area contributed by atoms with Crippen LogP contribution in [0.5, 0.6) is 0 Å². The maximum absolute atomic E-state index is 11.2. The monoisotopic (exact) mass is 218 g/mol. The van der Waals surface area contributed by atoms with Crippen LogP contribution >= 0.6 is 0 Å². The topological polar surface area (TPSA) is 46.3 Å². The summed E-state index contributed by atoms with van der Waals surface area (Å²) in [5.41, 5.74) is 6.10. The van der Waals surface area contributed by atoms with Crippen LogP contribution in [0.3, 0.4) is 0 Å². The van der Waals surface area contributed by atoms with Crippen LogP contribution in [0.4, 0.5) is 0 Å². The minimum Gasteiger partial charge on any atom is -0.324 e. The van der Waals surface area contributed by atoms with Gasteiger partial charge in [-0.05, 0) is 13.3 Å². The van der Waals surface area contributed by atoms with E-state index >= 15 is 0 Å². The van der Waals surface area contributed by atoms with Crippen LogP contribution in [-0.4, -0.2) is 45.8 Å². The molecule has 0 saturated carbocycles. The highest BCUT2D eigenvalue weighted by Gasteiger charge is 2.23. The van der Waals surface area contributed by atoms with Crippen LogP contribution < -0.4 is 5.73 Å². The van der Waals surface area contributed by atoms with Gasteiger partial charge in [0.1, 0.15) is 0 Å². The van der Waals surface area contributed by atoms with Crippen molar-refractivity contribution >= 4 is 10.8 Å². The average Bonchev–Trinajstić information content (AvgIpc) is 2.08. The fourth-order valence-electron chi connectivity index (χ4n) is 1.99. The fraction of sp³-hybridized carbons (Fsp3) is 1.00. The van der Waals surface area contributed by atoms with Gasteiger partial charge in [-0.3, -0.25) is 9.11 Å². The molecule has 1 rings (SSSR count). The lowest BCUT2D eigenvalue weighted by molar-refractivity contribution is 0.225. The quantitative estimate of drug-likeness (QED) is 0.750. The zero-order chi connectivity index (χ0) is 10.6. The standard InChI is InChI=1S/C10H22N2OS/c1-3-4-10(2,11)9-12-5-7-14(13)8-6-12/h3-9,11H2,1-2H3. The van der Waals surface area contributed by atoms with Gasteiger partial charge in [0.2, 0.25) is 0 Å². The SMILES string of the molecule is CCCC(C)(N)CN1CCS(=O)CC1. The van der Waals surface area contributed by atoms with E-state index in [0.717, 1.165) is 44.0 Å². The van der Waals surface area contributed by atoms with E-state index in [1.54, 1.807) is 0 Å². The van der Waals surface area contributed by atoms with Gasteiger partial charge in [-0.15, -0.1) is 0 Å². The summed E-state index contributed by atoms with van der Waals surface area (Å²) in [5.74, 6) is 1.64. The zero-order valence-electron chi connectivity index (χ0n) is 9.29. The summed E-state index contributed by atoms with van der Waals surface area (Å²) in [5, 5.41) is 0. The van der Waals surface area contributed by atoms with Crippen LogP contribution in [0, 0.1) is 0 Å². The first-order chi connectivity index (χ1) is 6.53. The van der Waals surface area contributed by atoms with Crippen LogP contribution in [0.1, 0.15) is 26.7 Å². The summed E-state index contributed by atoms with van der Waals surface area (Å²) in [6, 6.07) is 0. The van der Waals surface area contributed by atoms with E-state index in [0.29, 0.717) is 0 Å². The Morgan fingerprint density at radius 3 is 2.50 bits per heavy atom. The lowest BCUT2D eigenvalue weighted by atomic mass is 9.97. The zero-order valence-corrected chi connectivity index (χ0v) is 10.1. The van der Waals surface area contributed by atoms with E-state index in [2.05, 4.69) is 18.7 Å². The maximum Gasteiger partial charge on any atom is 0.0363 e. The molecule has 0 radical (unpaired) electrons. The number of hydrogen-bond donors (Lipinski definition) is 1. The molecule has 1 unspecified atom stereocenters. The van der Waals surface area contributed by atoms with Gasteiger partial charge in [0.25, 0.3) is 0 Å². The molecule has 0 aromatic heterocycles. The molecule has 2 N–H and O–H groups in total. The Kier molecular flexibility index (Phi) is 4.54. The summed E-state index contributed by atoms with van der Waals surface area (Å²) in [6.07, 6.45) is 2.19. The van der Waals surface area contributed by atoms with Crippen LogP contribution in [0.25, 0.3) is 0 Å². The van der Waals surface area contributed by atoms with Gasteiger partial charge < -0.3 is 5.73 Å². The third-order valence-corrected chi connectivity index (χ3v) is 3.95. The van der Waals surface area contributed by atoms with Crippen LogP contribution in [0.2, 0.25) is 0 Å². The summed E-state index contributed by atoms with van der Waals surface area (Å²) in [6.45, 7) is 7.11. The molecule has 0 spiro atoms. The number of nitrogens with zero attached hydrogens (tertiary/aromatic N) is 1. The van der Waals surface area contributed by atoms with Gasteiger partial charge in [-0.2, -0.15) is 0 Å². The Morgan fingerprint density at radius 2 is 2.00 bits per heavy atom. The molecule has 84 valence electrons. The summed E-state index contributed by atoms with van der Waals surface area (Å²) in [7, 11) is -0.576. The van der Waals surface area contributed by atoms with Gasteiger partial charge in [0.05, 0.1) is 0 Å². The largest absolute Gasteiger partial charge is 0.324 e. The lowest BCUT2D eigenvalue weighted by Gasteiger charge is -2.34. The molecule has 1 atom stereocenters. The molecule has 1 saturated heterocycles. The maximum atomic E-state index is 11.2. The first kappa shape index (κ1) is 12.1. The van der Waals surface area contributed by atoms with Crippen molar-refractivity contribution in [1.29, 1.82) is 0 Å². The molecule has 0 aromatic rings. The first-order valence-electron chi connectivity index (χ1n) is 5.40. The lowest BCUT2D eigenvalue weighted by Crippen LogP contribution is -2.51. The number of nitrogens with two attached hydrogens (primary N) is 1. The van der Waals surface area contributed by atoms with E-state index in [-0.39, 0.29) is 5.54 Å². The first-order valence-corrected chi connectivity index (χ1v) is 6.88. The minimum absolute atomic E-state index is 0.0758. The Bertz CT molecular complexity index is 196. The molecule has 0 amide bonds. The van der Waals surface area contributed by atoms with Crippen LogP contribution in [0.15, 0.2) is 0 Å². The molecule has 14 heavy (non-hydrogen) atoms. The molecule has 0 aromatic carbocycles. The molecule has 1 aliphatic heterocycles. The highest BCUT2D eigenvalue weighted by atomic mass is 32.2. The molecular weight excluding hydrogens is 196 g/mol. The fourth-order valence-corrected chi connectivity index (χ4v) is 3.12. The van der Waals surface area contributed by atoms with Crippen molar-refractivity contribution in [3.05, 3.63) is 0 Å². The van der Waals surface area contributed by atoms with Crippen molar-refractivity contribution in [3.63, 3.8) is 0 Å². The Morgan fingerprint density at radius 1 is 1.43 bits per heavy atom. The second-order valence-electron chi connectivity index (χ2n) is 4.53. The molecule has 4 heteroatoms. The predicted molar refractivity (Wildman–Crippen MR) is 61.8 cm³/mol. The van der Waals surface area contributed by atoms with E-state index in [4.69, 9.17) is 5.73 Å². The molecule has 0 aliphatic carbocycles. The van der Waals surface area contributed by atoms with Crippen molar-refractivity contribution in [1.82, 2.24) is 4.90 Å². The van der Waals surface area contributed by atoms with E-state index in [1.807, 2.05) is 0 Å². The average molecular weight is 218 g/mol. The van der Waals surface area contributed by atoms with Gasteiger partial charge in [0.15, 0.2) is 0 Å². The Labute approximate surface area is 89.5 Å². The highest BCUT2D eigenvalue weighted by molar-refractivity contribution is 7.85. The summed E-state index contributed by atoms with van der Waals surface area (Å²) in [4.78, 5) is 2.34. The van der Waals surface area contributed by atoms with E-state index < -0.39 is 10.8 Å². The van der Waals surface area contributed by atoms with Crippen molar-refractivity contribution in [2.75, 3.05) is 31.1 Å². The highest BCUT2D eigenvalue weighted by Crippen LogP contribution is 2.12. The Hall–Kier alpha value is 0.0700. The third kappa shape index (κ3) is 4.07. The van der Waals surface area contributed by atoms with Crippen molar-refractivity contribution < 1.29 is 4.21 Å². The van der Waals surface area contributed by atoms with Crippen molar-refractivity contribution in [2.24, 2.45) is 5.73 Å². The predicted octanol–water partition coefficient (Wildman–Crippen LogP) is 0.568. The molecule has 3 nitrogen and oxygen atoms in total. The summed E-state index contributed by atoms with van der Waals surface area (Å²) < 4.78 is 11.2. The van der Waals surface area contributed by atoms with E-state index in [9.17, 15) is 4.21 Å². The van der Waals surface area contributed by atoms with Crippen LogP contribution in [-0.2, 0) is 10.8 Å². The van der Waals surface area contributed by atoms with Gasteiger partial charge in [-0.1, -0.05) is 13.3 Å².